The third-order valence-corrected chi connectivity index (χ3v) is 12.0. The van der Waals surface area contributed by atoms with Crippen LogP contribution in [-0.2, 0) is 0 Å². The van der Waals surface area contributed by atoms with Crippen LogP contribution in [0.4, 0.5) is 0 Å². The second-order valence-corrected chi connectivity index (χ2v) is 14.7. The molecule has 48 heavy (non-hydrogen) atoms. The van der Waals surface area contributed by atoms with Crippen molar-refractivity contribution < 1.29 is 0 Å². The molecule has 0 nitrogen and oxygen atoms in total. The van der Waals surface area contributed by atoms with E-state index in [1.165, 1.54) is 141 Å². The molecule has 0 saturated carbocycles. The molecule has 0 bridgehead atoms. The van der Waals surface area contributed by atoms with Crippen molar-refractivity contribution >= 4 is 64.6 Å². The topological polar surface area (TPSA) is 0 Å². The summed E-state index contributed by atoms with van der Waals surface area (Å²) >= 11 is 0. The molecular formula is C48H30. The van der Waals surface area contributed by atoms with Gasteiger partial charge in [0, 0.05) is 0 Å². The van der Waals surface area contributed by atoms with E-state index in [-0.39, 0.29) is 0 Å². The monoisotopic (exact) mass is 606 g/mol. The molecule has 0 heteroatoms. The van der Waals surface area contributed by atoms with Crippen LogP contribution in [0.15, 0.2) is 109 Å². The summed E-state index contributed by atoms with van der Waals surface area (Å²) in [5.41, 5.74) is 13.4. The molecule has 0 aliphatic heterocycles. The molecular weight excluding hydrogens is 577 g/mol. The van der Waals surface area contributed by atoms with Gasteiger partial charge in [-0.15, -0.1) is 0 Å². The first-order valence-electron chi connectivity index (χ1n) is 17.2. The van der Waals surface area contributed by atoms with Crippen molar-refractivity contribution in [1.29, 1.82) is 0 Å². The van der Waals surface area contributed by atoms with Gasteiger partial charge in [-0.3, -0.25) is 0 Å². The second kappa shape index (κ2) is 8.22. The van der Waals surface area contributed by atoms with Gasteiger partial charge in [0.1, 0.15) is 0 Å². The van der Waals surface area contributed by atoms with Gasteiger partial charge in [-0.25, -0.2) is 0 Å². The lowest BCUT2D eigenvalue weighted by atomic mass is 9.95. The molecule has 0 N–H and O–H groups in total. The second-order valence-electron chi connectivity index (χ2n) is 14.7. The fourth-order valence-electron chi connectivity index (χ4n) is 9.86. The van der Waals surface area contributed by atoms with Gasteiger partial charge in [0.15, 0.2) is 0 Å². The highest BCUT2D eigenvalue weighted by Gasteiger charge is 2.26. The van der Waals surface area contributed by atoms with Crippen LogP contribution in [0.25, 0.3) is 98.0 Å². The molecule has 222 valence electrons. The van der Waals surface area contributed by atoms with E-state index in [0.29, 0.717) is 0 Å². The standard InChI is InChI=1S/C48H30/c1-23-15-24(2)17-28(16-23)27-5-6-29-30-7-8-34-41-21-43-36-12-9-31-38-18-25(3)26(4)19-39(38)32-10-13-37(48(36)46(31)32)44(43)22-42(41)35-14-11-33(40(29)20-27)45(30)47(34)35/h5-22H,1-4H3. The van der Waals surface area contributed by atoms with E-state index in [2.05, 4.69) is 137 Å². The van der Waals surface area contributed by atoms with Crippen LogP contribution in [-0.4, -0.2) is 0 Å². The minimum Gasteiger partial charge on any atom is -0.0563 e. The molecule has 0 heterocycles. The largest absolute Gasteiger partial charge is 0.0563 e. The number of aryl methyl sites for hydroxylation is 4. The fourth-order valence-corrected chi connectivity index (χ4v) is 9.86. The van der Waals surface area contributed by atoms with Crippen LogP contribution in [0.2, 0.25) is 0 Å². The maximum Gasteiger partial charge on any atom is -0.00139 e. The van der Waals surface area contributed by atoms with Crippen LogP contribution in [0, 0.1) is 48.6 Å². The lowest BCUT2D eigenvalue weighted by molar-refractivity contribution is 1.30. The maximum atomic E-state index is 2.51. The van der Waals surface area contributed by atoms with Gasteiger partial charge in [0.25, 0.3) is 0 Å². The number of benzene rings is 8. The Bertz CT molecular complexity index is 3210. The maximum absolute atomic E-state index is 2.51. The summed E-state index contributed by atoms with van der Waals surface area (Å²) in [7, 11) is 0. The molecule has 10 aromatic rings. The van der Waals surface area contributed by atoms with E-state index in [1.807, 2.05) is 0 Å². The number of hydrogen-bond acceptors (Lipinski definition) is 0. The summed E-state index contributed by atoms with van der Waals surface area (Å²) in [6.45, 7) is 8.85. The molecule has 0 atom stereocenters. The zero-order chi connectivity index (χ0) is 31.7. The summed E-state index contributed by atoms with van der Waals surface area (Å²) in [6, 6.07) is 42.9. The highest BCUT2D eigenvalue weighted by molar-refractivity contribution is 6.40. The van der Waals surface area contributed by atoms with Crippen LogP contribution in [0.1, 0.15) is 22.3 Å². The minimum absolute atomic E-state index is 1.29. The van der Waals surface area contributed by atoms with Crippen molar-refractivity contribution in [3.05, 3.63) is 152 Å². The Morgan fingerprint density at radius 3 is 1.31 bits per heavy atom. The van der Waals surface area contributed by atoms with Gasteiger partial charge in [-0.05, 0) is 176 Å². The lowest BCUT2D eigenvalue weighted by Gasteiger charge is -2.09. The first-order valence-corrected chi connectivity index (χ1v) is 17.2. The first-order chi connectivity index (χ1) is 23.4. The minimum atomic E-state index is 1.29. The summed E-state index contributed by atoms with van der Waals surface area (Å²) in [4.78, 5) is 0. The molecule has 0 spiro atoms. The van der Waals surface area contributed by atoms with Crippen molar-refractivity contribution in [2.24, 2.45) is 0 Å². The number of hydrogen-bond donors (Lipinski definition) is 0. The summed E-state index contributed by atoms with van der Waals surface area (Å²) in [6.07, 6.45) is 0. The predicted molar refractivity (Wildman–Crippen MR) is 204 cm³/mol. The molecule has 0 unspecified atom stereocenters. The molecule has 0 amide bonds. The molecule has 12 rings (SSSR count). The smallest absolute Gasteiger partial charge is 0.00139 e. The summed E-state index contributed by atoms with van der Waals surface area (Å²) in [5.74, 6) is 0. The zero-order valence-electron chi connectivity index (χ0n) is 27.4. The highest BCUT2D eigenvalue weighted by Crippen LogP contribution is 2.54. The van der Waals surface area contributed by atoms with Crippen LogP contribution in [0.5, 0.6) is 0 Å². The van der Waals surface area contributed by atoms with E-state index in [0.717, 1.165) is 0 Å². The molecule has 2 aliphatic carbocycles. The van der Waals surface area contributed by atoms with E-state index < -0.39 is 0 Å². The number of rotatable bonds is 1. The Labute approximate surface area is 277 Å². The van der Waals surface area contributed by atoms with Gasteiger partial charge >= 0.3 is 0 Å². The van der Waals surface area contributed by atoms with Gasteiger partial charge < -0.3 is 0 Å². The third kappa shape index (κ3) is 2.87. The van der Waals surface area contributed by atoms with Crippen molar-refractivity contribution in [1.82, 2.24) is 0 Å². The van der Waals surface area contributed by atoms with Gasteiger partial charge in [-0.1, -0.05) is 102 Å². The molecule has 10 aromatic carbocycles. The van der Waals surface area contributed by atoms with E-state index in [9.17, 15) is 0 Å². The molecule has 0 saturated heterocycles. The van der Waals surface area contributed by atoms with Crippen LogP contribution >= 0.6 is 0 Å². The normalized spacial score (nSPS) is 13.0. The van der Waals surface area contributed by atoms with Crippen molar-refractivity contribution in [2.45, 2.75) is 27.7 Å². The molecule has 2 aliphatic rings. The molecule has 0 radical (unpaired) electrons. The lowest BCUT2D eigenvalue weighted by Crippen LogP contribution is -1.84. The Hall–Kier alpha value is -5.72. The Morgan fingerprint density at radius 2 is 0.750 bits per heavy atom. The Kier molecular flexibility index (Phi) is 4.34. The average molecular weight is 607 g/mol. The van der Waals surface area contributed by atoms with Crippen molar-refractivity contribution in [3.8, 4) is 33.4 Å². The fraction of sp³-hybridized carbons (Fsp3) is 0.0833. The Balaban J connectivity index is 1.15. The summed E-state index contributed by atoms with van der Waals surface area (Å²) < 4.78 is 0. The first kappa shape index (κ1) is 25.4. The van der Waals surface area contributed by atoms with Gasteiger partial charge in [0.2, 0.25) is 0 Å². The average Bonchev–Trinajstić information content (AvgIpc) is 3.78. The zero-order valence-corrected chi connectivity index (χ0v) is 27.4. The predicted octanol–water partition coefficient (Wildman–Crippen LogP) is 12.9. The van der Waals surface area contributed by atoms with Crippen LogP contribution in [0.3, 0.4) is 0 Å². The van der Waals surface area contributed by atoms with Crippen molar-refractivity contribution in [3.63, 3.8) is 0 Å². The van der Waals surface area contributed by atoms with E-state index >= 15 is 0 Å². The van der Waals surface area contributed by atoms with E-state index in [4.69, 9.17) is 0 Å². The van der Waals surface area contributed by atoms with Gasteiger partial charge in [-0.2, -0.15) is 0 Å². The van der Waals surface area contributed by atoms with E-state index in [1.54, 1.807) is 0 Å². The molecule has 0 aromatic heterocycles. The van der Waals surface area contributed by atoms with Gasteiger partial charge in [0.05, 0.1) is 0 Å². The third-order valence-electron chi connectivity index (χ3n) is 12.0. The van der Waals surface area contributed by atoms with Crippen LogP contribution < -0.4 is 0 Å². The highest BCUT2D eigenvalue weighted by atomic mass is 14.3. The molecule has 0 fully saturated rings. The SMILES string of the molecule is Cc1cc(C)cc(-c2ccc3c(c2)-c2ccc4c5cc6c(cc5c5ccc-3c2c54)c2ccc3c4c(ccc6c42)=c2cc(C)c(C)cc2=3)c1. The summed E-state index contributed by atoms with van der Waals surface area (Å²) in [5, 5.41) is 22.2. The van der Waals surface area contributed by atoms with Crippen molar-refractivity contribution in [2.75, 3.05) is 0 Å². The number of fused-ring (bicyclic) bond motifs is 10. The quantitative estimate of drug-likeness (QED) is 0.174. The Morgan fingerprint density at radius 1 is 0.271 bits per heavy atom.